The van der Waals surface area contributed by atoms with Crippen LogP contribution in [0, 0.1) is 5.82 Å². The summed E-state index contributed by atoms with van der Waals surface area (Å²) in [5, 5.41) is 6.56. The SMILES string of the molecule is CN(C)c1cc(F)cc(Nc2nc3c4c(ccc3s2)OCCO4)c1CNC(=O)OC(C)(C)C. The number of benzene rings is 2. The van der Waals surface area contributed by atoms with Crippen molar-refractivity contribution < 1.29 is 23.4 Å². The standard InChI is InChI=1S/C23H27FN4O4S/c1-23(2,3)32-22(29)25-12-14-15(10-13(24)11-16(14)28(4)5)26-21-27-19-18(33-21)7-6-17-20(19)31-9-8-30-17/h6-7,10-11H,8-9,12H2,1-5H3,(H,25,29)(H,26,27). The van der Waals surface area contributed by atoms with Crippen LogP contribution in [0.4, 0.5) is 25.7 Å². The van der Waals surface area contributed by atoms with Crippen molar-refractivity contribution in [2.45, 2.75) is 32.9 Å². The second-order valence-corrected chi connectivity index (χ2v) is 9.81. The van der Waals surface area contributed by atoms with Gasteiger partial charge >= 0.3 is 6.09 Å². The van der Waals surface area contributed by atoms with Crippen LogP contribution in [-0.2, 0) is 11.3 Å². The number of hydrogen-bond donors (Lipinski definition) is 2. The fourth-order valence-electron chi connectivity index (χ4n) is 3.46. The Morgan fingerprint density at radius 1 is 1.24 bits per heavy atom. The van der Waals surface area contributed by atoms with Crippen LogP contribution < -0.4 is 25.0 Å². The molecule has 0 radical (unpaired) electrons. The van der Waals surface area contributed by atoms with Gasteiger partial charge in [-0.25, -0.2) is 14.2 Å². The van der Waals surface area contributed by atoms with E-state index >= 15 is 0 Å². The van der Waals surface area contributed by atoms with Crippen molar-refractivity contribution in [1.29, 1.82) is 0 Å². The molecule has 4 rings (SSSR count). The van der Waals surface area contributed by atoms with Gasteiger partial charge in [0, 0.05) is 25.3 Å². The summed E-state index contributed by atoms with van der Waals surface area (Å²) in [6, 6.07) is 6.60. The Kier molecular flexibility index (Phi) is 6.20. The van der Waals surface area contributed by atoms with E-state index in [9.17, 15) is 9.18 Å². The number of carbonyl (C=O) groups is 1. The Hall–Kier alpha value is -3.27. The van der Waals surface area contributed by atoms with Crippen molar-refractivity contribution in [2.75, 3.05) is 37.5 Å². The van der Waals surface area contributed by atoms with Crippen molar-refractivity contribution in [3.8, 4) is 11.5 Å². The van der Waals surface area contributed by atoms with E-state index in [0.29, 0.717) is 52.3 Å². The number of ether oxygens (including phenoxy) is 3. The first kappa shape index (κ1) is 22.9. The molecule has 0 bridgehead atoms. The number of aromatic nitrogens is 1. The quantitative estimate of drug-likeness (QED) is 0.536. The summed E-state index contributed by atoms with van der Waals surface area (Å²) in [5.41, 5.74) is 1.90. The van der Waals surface area contributed by atoms with Crippen molar-refractivity contribution >= 4 is 44.2 Å². The first-order valence-corrected chi connectivity index (χ1v) is 11.3. The maximum absolute atomic E-state index is 14.5. The Labute approximate surface area is 195 Å². The van der Waals surface area contributed by atoms with Crippen LogP contribution in [0.5, 0.6) is 11.5 Å². The van der Waals surface area contributed by atoms with E-state index in [2.05, 4.69) is 15.6 Å². The van der Waals surface area contributed by atoms with Gasteiger partial charge in [0.25, 0.3) is 0 Å². The van der Waals surface area contributed by atoms with E-state index in [-0.39, 0.29) is 6.54 Å². The molecule has 2 aromatic carbocycles. The lowest BCUT2D eigenvalue weighted by molar-refractivity contribution is 0.0524. The van der Waals surface area contributed by atoms with Gasteiger partial charge in [0.15, 0.2) is 16.6 Å². The lowest BCUT2D eigenvalue weighted by atomic mass is 10.1. The lowest BCUT2D eigenvalue weighted by Gasteiger charge is -2.23. The number of rotatable bonds is 5. The van der Waals surface area contributed by atoms with Gasteiger partial charge in [-0.2, -0.15) is 0 Å². The monoisotopic (exact) mass is 474 g/mol. The number of anilines is 3. The summed E-state index contributed by atoms with van der Waals surface area (Å²) >= 11 is 1.42. The summed E-state index contributed by atoms with van der Waals surface area (Å²) in [6.45, 7) is 6.49. The molecule has 1 aliphatic heterocycles. The summed E-state index contributed by atoms with van der Waals surface area (Å²) in [4.78, 5) is 18.7. The van der Waals surface area contributed by atoms with Crippen LogP contribution in [0.1, 0.15) is 26.3 Å². The van der Waals surface area contributed by atoms with Gasteiger partial charge in [0.1, 0.15) is 30.1 Å². The fourth-order valence-corrected chi connectivity index (χ4v) is 4.34. The minimum atomic E-state index is -0.621. The van der Waals surface area contributed by atoms with Crippen molar-refractivity contribution in [1.82, 2.24) is 10.3 Å². The van der Waals surface area contributed by atoms with Gasteiger partial charge in [-0.15, -0.1) is 0 Å². The second kappa shape index (κ2) is 8.93. The molecule has 0 fully saturated rings. The molecule has 0 atom stereocenters. The number of hydrogen-bond acceptors (Lipinski definition) is 8. The zero-order chi connectivity index (χ0) is 23.8. The number of fused-ring (bicyclic) bond motifs is 3. The molecule has 0 saturated heterocycles. The maximum atomic E-state index is 14.5. The van der Waals surface area contributed by atoms with Gasteiger partial charge in [-0.3, -0.25) is 0 Å². The molecule has 0 saturated carbocycles. The second-order valence-electron chi connectivity index (χ2n) is 8.78. The zero-order valence-electron chi connectivity index (χ0n) is 19.2. The van der Waals surface area contributed by atoms with Gasteiger partial charge in [0.2, 0.25) is 0 Å². The zero-order valence-corrected chi connectivity index (χ0v) is 20.1. The highest BCUT2D eigenvalue weighted by Crippen LogP contribution is 2.41. The predicted octanol–water partition coefficient (Wildman–Crippen LogP) is 5.04. The number of nitrogens with zero attached hydrogens (tertiary/aromatic N) is 2. The molecule has 3 aromatic rings. The first-order chi connectivity index (χ1) is 15.6. The predicted molar refractivity (Wildman–Crippen MR) is 128 cm³/mol. The molecule has 176 valence electrons. The average molecular weight is 475 g/mol. The van der Waals surface area contributed by atoms with Crippen LogP contribution >= 0.6 is 11.3 Å². The van der Waals surface area contributed by atoms with Crippen LogP contribution in [0.15, 0.2) is 24.3 Å². The topological polar surface area (TPSA) is 85.0 Å². The molecule has 2 heterocycles. The highest BCUT2D eigenvalue weighted by Gasteiger charge is 2.21. The third-order valence-corrected chi connectivity index (χ3v) is 5.72. The Morgan fingerprint density at radius 2 is 2.00 bits per heavy atom. The highest BCUT2D eigenvalue weighted by molar-refractivity contribution is 7.22. The molecular formula is C23H27FN4O4S. The van der Waals surface area contributed by atoms with E-state index < -0.39 is 17.5 Å². The minimum Gasteiger partial charge on any atom is -0.486 e. The number of amides is 1. The molecule has 33 heavy (non-hydrogen) atoms. The first-order valence-electron chi connectivity index (χ1n) is 10.5. The minimum absolute atomic E-state index is 0.141. The number of nitrogens with one attached hydrogen (secondary N) is 2. The number of carbonyl (C=O) groups excluding carboxylic acids is 1. The Bertz CT molecular complexity index is 1190. The third kappa shape index (κ3) is 5.22. The van der Waals surface area contributed by atoms with E-state index in [1.807, 2.05) is 26.2 Å². The molecule has 0 spiro atoms. The fraction of sp³-hybridized carbons (Fsp3) is 0.391. The van der Waals surface area contributed by atoms with E-state index in [1.165, 1.54) is 23.5 Å². The van der Waals surface area contributed by atoms with Crippen LogP contribution in [0.25, 0.3) is 10.2 Å². The molecule has 8 nitrogen and oxygen atoms in total. The number of halogens is 1. The molecule has 1 amide bonds. The highest BCUT2D eigenvalue weighted by atomic mass is 32.1. The Balaban J connectivity index is 1.66. The normalized spacial score (nSPS) is 13.0. The van der Waals surface area contributed by atoms with Crippen LogP contribution in [0.2, 0.25) is 0 Å². The van der Waals surface area contributed by atoms with Crippen molar-refractivity contribution in [3.05, 3.63) is 35.6 Å². The summed E-state index contributed by atoms with van der Waals surface area (Å²) < 4.78 is 32.1. The number of alkyl carbamates (subject to hydrolysis) is 1. The van der Waals surface area contributed by atoms with E-state index in [1.54, 1.807) is 25.7 Å². The molecule has 1 aromatic heterocycles. The lowest BCUT2D eigenvalue weighted by Crippen LogP contribution is -2.32. The Morgan fingerprint density at radius 3 is 2.73 bits per heavy atom. The summed E-state index contributed by atoms with van der Waals surface area (Å²) in [5.74, 6) is 0.869. The molecule has 0 aliphatic carbocycles. The summed E-state index contributed by atoms with van der Waals surface area (Å²) in [7, 11) is 3.63. The molecule has 2 N–H and O–H groups in total. The van der Waals surface area contributed by atoms with Crippen molar-refractivity contribution in [2.24, 2.45) is 0 Å². The van der Waals surface area contributed by atoms with Crippen LogP contribution in [0.3, 0.4) is 0 Å². The van der Waals surface area contributed by atoms with Crippen LogP contribution in [-0.4, -0.2) is 44.0 Å². The maximum Gasteiger partial charge on any atom is 0.407 e. The molecule has 10 heteroatoms. The smallest absolute Gasteiger partial charge is 0.407 e. The van der Waals surface area contributed by atoms with E-state index in [4.69, 9.17) is 14.2 Å². The average Bonchev–Trinajstić information content (AvgIpc) is 3.14. The van der Waals surface area contributed by atoms with Crippen molar-refractivity contribution in [3.63, 3.8) is 0 Å². The largest absolute Gasteiger partial charge is 0.486 e. The number of thiazole rings is 1. The van der Waals surface area contributed by atoms with Gasteiger partial charge in [-0.05, 0) is 45.0 Å². The molecule has 0 unspecified atom stereocenters. The molecule has 1 aliphatic rings. The summed E-state index contributed by atoms with van der Waals surface area (Å²) in [6.07, 6.45) is -0.550. The van der Waals surface area contributed by atoms with Gasteiger partial charge < -0.3 is 29.7 Å². The van der Waals surface area contributed by atoms with Gasteiger partial charge in [-0.1, -0.05) is 11.3 Å². The third-order valence-electron chi connectivity index (χ3n) is 4.79. The molecular weight excluding hydrogens is 447 g/mol. The van der Waals surface area contributed by atoms with Gasteiger partial charge in [0.05, 0.1) is 16.9 Å². The van der Waals surface area contributed by atoms with E-state index in [0.717, 1.165) is 4.70 Å².